The van der Waals surface area contributed by atoms with E-state index in [4.69, 9.17) is 17.0 Å². The fraction of sp³-hybridized carbons (Fsp3) is 0.650. The van der Waals surface area contributed by atoms with Crippen LogP contribution in [0.2, 0.25) is 0 Å². The molecule has 1 heterocycles. The van der Waals surface area contributed by atoms with Crippen molar-refractivity contribution in [3.63, 3.8) is 0 Å². The SMILES string of the molecule is CCOCCCNC(=S)N1CCN(S(=O)(=O)c2c(C)c(C)cc(C)c2C)CC1. The maximum Gasteiger partial charge on any atom is 0.243 e. The first kappa shape index (κ1) is 23.1. The van der Waals surface area contributed by atoms with Gasteiger partial charge in [-0.15, -0.1) is 0 Å². The van der Waals surface area contributed by atoms with Crippen LogP contribution < -0.4 is 5.32 Å². The van der Waals surface area contributed by atoms with Crippen LogP contribution in [0.4, 0.5) is 0 Å². The predicted molar refractivity (Wildman–Crippen MR) is 117 cm³/mol. The fourth-order valence-electron chi connectivity index (χ4n) is 3.45. The van der Waals surface area contributed by atoms with E-state index in [0.717, 1.165) is 41.8 Å². The summed E-state index contributed by atoms with van der Waals surface area (Å²) in [6, 6.07) is 2.05. The lowest BCUT2D eigenvalue weighted by molar-refractivity contribution is 0.145. The van der Waals surface area contributed by atoms with Crippen LogP contribution >= 0.6 is 12.2 Å². The zero-order valence-corrected chi connectivity index (χ0v) is 19.3. The number of ether oxygens (including phenoxy) is 1. The Hall–Kier alpha value is -1.22. The molecule has 0 atom stereocenters. The molecule has 0 amide bonds. The zero-order valence-electron chi connectivity index (χ0n) is 17.7. The van der Waals surface area contributed by atoms with E-state index in [9.17, 15) is 8.42 Å². The van der Waals surface area contributed by atoms with Gasteiger partial charge in [-0.1, -0.05) is 6.07 Å². The molecule has 2 rings (SSSR count). The lowest BCUT2D eigenvalue weighted by Gasteiger charge is -2.36. The van der Waals surface area contributed by atoms with Gasteiger partial charge >= 0.3 is 0 Å². The molecule has 0 aliphatic carbocycles. The normalized spacial score (nSPS) is 15.7. The summed E-state index contributed by atoms with van der Waals surface area (Å²) in [4.78, 5) is 2.51. The number of nitrogens with one attached hydrogen (secondary N) is 1. The van der Waals surface area contributed by atoms with Crippen LogP contribution in [0.25, 0.3) is 0 Å². The molecule has 0 bridgehead atoms. The average molecular weight is 428 g/mol. The van der Waals surface area contributed by atoms with Crippen molar-refractivity contribution >= 4 is 27.4 Å². The highest BCUT2D eigenvalue weighted by Gasteiger charge is 2.32. The Morgan fingerprint density at radius 2 is 1.68 bits per heavy atom. The highest BCUT2D eigenvalue weighted by molar-refractivity contribution is 7.89. The standard InChI is InChI=1S/C20H33N3O3S2/c1-6-26-13-7-8-21-20(27)22-9-11-23(12-10-22)28(24,25)19-17(4)15(2)14-16(3)18(19)5/h14H,6-13H2,1-5H3,(H,21,27). The van der Waals surface area contributed by atoms with Crippen molar-refractivity contribution in [3.05, 3.63) is 28.3 Å². The van der Waals surface area contributed by atoms with Gasteiger partial charge in [-0.3, -0.25) is 0 Å². The van der Waals surface area contributed by atoms with E-state index < -0.39 is 10.0 Å². The molecule has 1 aromatic carbocycles. The second-order valence-electron chi connectivity index (χ2n) is 7.26. The summed E-state index contributed by atoms with van der Waals surface area (Å²) in [7, 11) is -3.52. The minimum atomic E-state index is -3.52. The van der Waals surface area contributed by atoms with Crippen LogP contribution in [-0.2, 0) is 14.8 Å². The first-order valence-electron chi connectivity index (χ1n) is 9.88. The van der Waals surface area contributed by atoms with Gasteiger partial charge in [0.1, 0.15) is 0 Å². The summed E-state index contributed by atoms with van der Waals surface area (Å²) in [5, 5.41) is 3.93. The smallest absolute Gasteiger partial charge is 0.243 e. The van der Waals surface area contributed by atoms with Crippen LogP contribution in [-0.4, -0.2) is 68.7 Å². The van der Waals surface area contributed by atoms with Crippen molar-refractivity contribution in [2.24, 2.45) is 0 Å². The van der Waals surface area contributed by atoms with E-state index in [1.165, 1.54) is 0 Å². The molecule has 6 nitrogen and oxygen atoms in total. The Balaban J connectivity index is 2.00. The Kier molecular flexibility index (Phi) is 8.24. The van der Waals surface area contributed by atoms with Crippen molar-refractivity contribution in [1.82, 2.24) is 14.5 Å². The van der Waals surface area contributed by atoms with E-state index in [2.05, 4.69) is 11.4 Å². The molecule has 1 aliphatic rings. The van der Waals surface area contributed by atoms with Crippen LogP contribution in [0.15, 0.2) is 11.0 Å². The number of hydrogen-bond acceptors (Lipinski definition) is 4. The second kappa shape index (κ2) is 10.0. The summed E-state index contributed by atoms with van der Waals surface area (Å²) in [6.07, 6.45) is 0.896. The molecule has 0 spiro atoms. The molecule has 1 aromatic rings. The Morgan fingerprint density at radius 1 is 1.11 bits per heavy atom. The molecule has 0 aromatic heterocycles. The van der Waals surface area contributed by atoms with Crippen LogP contribution in [0.5, 0.6) is 0 Å². The van der Waals surface area contributed by atoms with E-state index >= 15 is 0 Å². The number of thiocarbonyl (C=S) groups is 1. The quantitative estimate of drug-likeness (QED) is 0.533. The lowest BCUT2D eigenvalue weighted by atomic mass is 10.0. The third-order valence-electron chi connectivity index (χ3n) is 5.37. The molecular formula is C20H33N3O3S2. The maximum atomic E-state index is 13.3. The van der Waals surface area contributed by atoms with Crippen molar-refractivity contribution in [1.29, 1.82) is 0 Å². The Labute approximate surface area is 175 Å². The van der Waals surface area contributed by atoms with Gasteiger partial charge in [0.25, 0.3) is 0 Å². The van der Waals surface area contributed by atoms with Gasteiger partial charge in [-0.05, 0) is 75.5 Å². The summed E-state index contributed by atoms with van der Waals surface area (Å²) in [5.41, 5.74) is 3.71. The number of piperazine rings is 1. The van der Waals surface area contributed by atoms with Gasteiger partial charge in [0.15, 0.2) is 5.11 Å². The number of rotatable bonds is 7. The van der Waals surface area contributed by atoms with Crippen molar-refractivity contribution in [2.45, 2.75) is 45.9 Å². The molecule has 0 saturated carbocycles. The molecule has 1 saturated heterocycles. The summed E-state index contributed by atoms with van der Waals surface area (Å²) in [6.45, 7) is 14.0. The van der Waals surface area contributed by atoms with Gasteiger partial charge in [-0.2, -0.15) is 4.31 Å². The Morgan fingerprint density at radius 3 is 2.21 bits per heavy atom. The zero-order chi connectivity index (χ0) is 20.9. The number of sulfonamides is 1. The largest absolute Gasteiger partial charge is 0.382 e. The molecule has 1 N–H and O–H groups in total. The predicted octanol–water partition coefficient (Wildman–Crippen LogP) is 2.53. The van der Waals surface area contributed by atoms with Crippen molar-refractivity contribution in [3.8, 4) is 0 Å². The third kappa shape index (κ3) is 5.23. The minimum Gasteiger partial charge on any atom is -0.382 e. The molecule has 158 valence electrons. The second-order valence-corrected chi connectivity index (χ2v) is 9.52. The number of nitrogens with zero attached hydrogens (tertiary/aromatic N) is 2. The van der Waals surface area contributed by atoms with Gasteiger partial charge in [-0.25, -0.2) is 8.42 Å². The van der Waals surface area contributed by atoms with Gasteiger partial charge in [0, 0.05) is 45.9 Å². The number of aryl methyl sites for hydroxylation is 2. The first-order valence-corrected chi connectivity index (χ1v) is 11.7. The molecule has 28 heavy (non-hydrogen) atoms. The minimum absolute atomic E-state index is 0.439. The highest BCUT2D eigenvalue weighted by atomic mass is 32.2. The van der Waals surface area contributed by atoms with Crippen LogP contribution in [0, 0.1) is 27.7 Å². The lowest BCUT2D eigenvalue weighted by Crippen LogP contribution is -2.53. The van der Waals surface area contributed by atoms with Crippen LogP contribution in [0.3, 0.4) is 0 Å². The topological polar surface area (TPSA) is 61.9 Å². The van der Waals surface area contributed by atoms with Gasteiger partial charge in [0.2, 0.25) is 10.0 Å². The van der Waals surface area contributed by atoms with Crippen LogP contribution in [0.1, 0.15) is 35.6 Å². The monoisotopic (exact) mass is 427 g/mol. The van der Waals surface area contributed by atoms with E-state index in [1.807, 2.05) is 39.5 Å². The van der Waals surface area contributed by atoms with E-state index in [0.29, 0.717) is 42.8 Å². The Bertz CT molecular complexity index is 775. The molecule has 0 unspecified atom stereocenters. The molecular weight excluding hydrogens is 394 g/mol. The van der Waals surface area contributed by atoms with E-state index in [1.54, 1.807) is 4.31 Å². The summed E-state index contributed by atoms with van der Waals surface area (Å²) in [5.74, 6) is 0. The summed E-state index contributed by atoms with van der Waals surface area (Å²) >= 11 is 5.46. The van der Waals surface area contributed by atoms with Gasteiger partial charge < -0.3 is 15.0 Å². The molecule has 8 heteroatoms. The molecule has 0 radical (unpaired) electrons. The molecule has 1 fully saturated rings. The number of hydrogen-bond donors (Lipinski definition) is 1. The molecule has 1 aliphatic heterocycles. The highest BCUT2D eigenvalue weighted by Crippen LogP contribution is 2.29. The summed E-state index contributed by atoms with van der Waals surface area (Å²) < 4.78 is 33.6. The number of benzene rings is 1. The maximum absolute atomic E-state index is 13.3. The fourth-order valence-corrected chi connectivity index (χ4v) is 5.74. The van der Waals surface area contributed by atoms with Crippen molar-refractivity contribution in [2.75, 3.05) is 45.9 Å². The van der Waals surface area contributed by atoms with E-state index in [-0.39, 0.29) is 0 Å². The van der Waals surface area contributed by atoms with Crippen molar-refractivity contribution < 1.29 is 13.2 Å². The third-order valence-corrected chi connectivity index (χ3v) is 7.94. The average Bonchev–Trinajstić information content (AvgIpc) is 2.66. The van der Waals surface area contributed by atoms with Gasteiger partial charge in [0.05, 0.1) is 4.90 Å². The first-order chi connectivity index (χ1) is 13.2.